The van der Waals surface area contributed by atoms with Crippen molar-refractivity contribution in [1.29, 1.82) is 0 Å². The number of nitrogens with zero attached hydrogens (tertiary/aromatic N) is 2. The highest BCUT2D eigenvalue weighted by atomic mass is 19.4. The second-order valence-electron chi connectivity index (χ2n) is 4.72. The number of halogens is 3. The Bertz CT molecular complexity index is 796. The van der Waals surface area contributed by atoms with Crippen molar-refractivity contribution in [2.24, 2.45) is 0 Å². The summed E-state index contributed by atoms with van der Waals surface area (Å²) < 4.78 is 38.3. The zero-order valence-electron chi connectivity index (χ0n) is 11.1. The average molecular weight is 288 g/mol. The van der Waals surface area contributed by atoms with E-state index in [0.717, 1.165) is 17.7 Å². The van der Waals surface area contributed by atoms with Crippen LogP contribution < -0.4 is 0 Å². The van der Waals surface area contributed by atoms with E-state index in [9.17, 15) is 13.2 Å². The van der Waals surface area contributed by atoms with Gasteiger partial charge in [-0.15, -0.1) is 0 Å². The molecule has 0 radical (unpaired) electrons. The third kappa shape index (κ3) is 2.59. The normalized spacial score (nSPS) is 11.8. The van der Waals surface area contributed by atoms with Crippen LogP contribution in [0.1, 0.15) is 11.3 Å². The molecule has 5 heteroatoms. The molecule has 21 heavy (non-hydrogen) atoms. The number of fused-ring (bicyclic) bond motifs is 1. The van der Waals surface area contributed by atoms with E-state index >= 15 is 0 Å². The van der Waals surface area contributed by atoms with Crippen LogP contribution in [0.2, 0.25) is 0 Å². The Kier molecular flexibility index (Phi) is 3.12. The summed E-state index contributed by atoms with van der Waals surface area (Å²) in [5, 5.41) is 0. The van der Waals surface area contributed by atoms with Crippen LogP contribution in [0.3, 0.4) is 0 Å². The molecule has 2 aromatic carbocycles. The lowest BCUT2D eigenvalue weighted by Crippen LogP contribution is -2.05. The fourth-order valence-electron chi connectivity index (χ4n) is 2.19. The summed E-state index contributed by atoms with van der Waals surface area (Å²) >= 11 is 0. The second-order valence-corrected chi connectivity index (χ2v) is 4.72. The minimum atomic E-state index is -4.38. The molecule has 0 aliphatic rings. The molecule has 0 fully saturated rings. The van der Waals surface area contributed by atoms with Crippen LogP contribution in [0.25, 0.3) is 22.3 Å². The van der Waals surface area contributed by atoms with Crippen LogP contribution in [-0.2, 0) is 6.18 Å². The largest absolute Gasteiger partial charge is 0.416 e. The van der Waals surface area contributed by atoms with Gasteiger partial charge in [0.25, 0.3) is 0 Å². The summed E-state index contributed by atoms with van der Waals surface area (Å²) in [5.74, 6) is 0. The zero-order valence-corrected chi connectivity index (χ0v) is 11.1. The number of benzene rings is 2. The van der Waals surface area contributed by atoms with Crippen LogP contribution in [-0.4, -0.2) is 9.97 Å². The standard InChI is InChI=1S/C16H11F3N2/c1-10-15(11-5-3-2-4-6-11)21-14-9-12(16(17,18)19)7-8-13(14)20-10/h2-9H,1H3. The van der Waals surface area contributed by atoms with Gasteiger partial charge in [-0.1, -0.05) is 30.3 Å². The molecule has 0 aliphatic carbocycles. The number of aromatic nitrogens is 2. The fraction of sp³-hybridized carbons (Fsp3) is 0.125. The van der Waals surface area contributed by atoms with Gasteiger partial charge in [0, 0.05) is 5.56 Å². The smallest absolute Gasteiger partial charge is 0.249 e. The lowest BCUT2D eigenvalue weighted by atomic mass is 10.1. The molecule has 3 rings (SSSR count). The maximum absolute atomic E-state index is 12.8. The van der Waals surface area contributed by atoms with Gasteiger partial charge in [-0.3, -0.25) is 0 Å². The Morgan fingerprint density at radius 2 is 1.57 bits per heavy atom. The molecule has 1 heterocycles. The number of alkyl halides is 3. The molecule has 0 atom stereocenters. The Labute approximate surface area is 119 Å². The van der Waals surface area contributed by atoms with Gasteiger partial charge >= 0.3 is 6.18 Å². The van der Waals surface area contributed by atoms with Gasteiger partial charge < -0.3 is 0 Å². The molecule has 0 saturated carbocycles. The highest BCUT2D eigenvalue weighted by Crippen LogP contribution is 2.31. The van der Waals surface area contributed by atoms with Gasteiger partial charge in [-0.2, -0.15) is 13.2 Å². The summed E-state index contributed by atoms with van der Waals surface area (Å²) in [6.07, 6.45) is -4.38. The molecule has 0 N–H and O–H groups in total. The molecule has 0 saturated heterocycles. The van der Waals surface area contributed by atoms with Crippen molar-refractivity contribution in [2.75, 3.05) is 0 Å². The summed E-state index contributed by atoms with van der Waals surface area (Å²) in [6.45, 7) is 1.80. The first-order chi connectivity index (χ1) is 9.95. The van der Waals surface area contributed by atoms with E-state index in [4.69, 9.17) is 0 Å². The number of hydrogen-bond acceptors (Lipinski definition) is 2. The topological polar surface area (TPSA) is 25.8 Å². The monoisotopic (exact) mass is 288 g/mol. The van der Waals surface area contributed by atoms with Gasteiger partial charge in [0.2, 0.25) is 0 Å². The number of aryl methyl sites for hydroxylation is 1. The molecule has 2 nitrogen and oxygen atoms in total. The molecule has 0 spiro atoms. The van der Waals surface area contributed by atoms with Crippen molar-refractivity contribution < 1.29 is 13.2 Å². The van der Waals surface area contributed by atoms with Crippen molar-refractivity contribution in [1.82, 2.24) is 9.97 Å². The minimum Gasteiger partial charge on any atom is -0.249 e. The van der Waals surface area contributed by atoms with Crippen molar-refractivity contribution >= 4 is 11.0 Å². The van der Waals surface area contributed by atoms with Gasteiger partial charge in [0.1, 0.15) is 0 Å². The molecule has 0 amide bonds. The van der Waals surface area contributed by atoms with Crippen LogP contribution in [0, 0.1) is 6.92 Å². The van der Waals surface area contributed by atoms with Crippen LogP contribution >= 0.6 is 0 Å². The van der Waals surface area contributed by atoms with Crippen molar-refractivity contribution in [3.8, 4) is 11.3 Å². The maximum atomic E-state index is 12.8. The third-order valence-corrected chi connectivity index (χ3v) is 3.21. The third-order valence-electron chi connectivity index (χ3n) is 3.21. The molecule has 0 bridgehead atoms. The van der Waals surface area contributed by atoms with E-state index in [2.05, 4.69) is 9.97 Å². The van der Waals surface area contributed by atoms with E-state index in [1.807, 2.05) is 30.3 Å². The summed E-state index contributed by atoms with van der Waals surface area (Å²) in [4.78, 5) is 8.70. The quantitative estimate of drug-likeness (QED) is 0.652. The fourth-order valence-corrected chi connectivity index (χ4v) is 2.19. The first kappa shape index (κ1) is 13.5. The maximum Gasteiger partial charge on any atom is 0.416 e. The molecule has 0 aliphatic heterocycles. The Hall–Kier alpha value is -2.43. The van der Waals surface area contributed by atoms with E-state index in [-0.39, 0.29) is 5.52 Å². The SMILES string of the molecule is Cc1nc2ccc(C(F)(F)F)cc2nc1-c1ccccc1. The van der Waals surface area contributed by atoms with Crippen LogP contribution in [0.5, 0.6) is 0 Å². The van der Waals surface area contributed by atoms with E-state index in [0.29, 0.717) is 16.9 Å². The van der Waals surface area contributed by atoms with Gasteiger partial charge in [0.15, 0.2) is 0 Å². The van der Waals surface area contributed by atoms with E-state index in [1.54, 1.807) is 6.92 Å². The summed E-state index contributed by atoms with van der Waals surface area (Å²) in [6, 6.07) is 12.7. The minimum absolute atomic E-state index is 0.245. The van der Waals surface area contributed by atoms with E-state index in [1.165, 1.54) is 6.07 Å². The first-order valence-corrected chi connectivity index (χ1v) is 6.36. The average Bonchev–Trinajstić information content (AvgIpc) is 2.46. The van der Waals surface area contributed by atoms with Crippen LogP contribution in [0.4, 0.5) is 13.2 Å². The molecular weight excluding hydrogens is 277 g/mol. The molecular formula is C16H11F3N2. The summed E-state index contributed by atoms with van der Waals surface area (Å²) in [5.41, 5.74) is 2.11. The van der Waals surface area contributed by atoms with Crippen molar-refractivity contribution in [3.05, 3.63) is 59.8 Å². The van der Waals surface area contributed by atoms with Crippen molar-refractivity contribution in [2.45, 2.75) is 13.1 Å². The highest BCUT2D eigenvalue weighted by molar-refractivity contribution is 5.79. The Balaban J connectivity index is 2.21. The molecule has 0 unspecified atom stereocenters. The lowest BCUT2D eigenvalue weighted by Gasteiger charge is -2.10. The lowest BCUT2D eigenvalue weighted by molar-refractivity contribution is -0.137. The molecule has 106 valence electrons. The van der Waals surface area contributed by atoms with Gasteiger partial charge in [-0.25, -0.2) is 9.97 Å². The highest BCUT2D eigenvalue weighted by Gasteiger charge is 2.30. The Morgan fingerprint density at radius 3 is 2.24 bits per heavy atom. The van der Waals surface area contributed by atoms with E-state index < -0.39 is 11.7 Å². The van der Waals surface area contributed by atoms with Crippen LogP contribution in [0.15, 0.2) is 48.5 Å². The summed E-state index contributed by atoms with van der Waals surface area (Å²) in [7, 11) is 0. The zero-order chi connectivity index (χ0) is 15.0. The first-order valence-electron chi connectivity index (χ1n) is 6.36. The van der Waals surface area contributed by atoms with Gasteiger partial charge in [0.05, 0.1) is 28.0 Å². The Morgan fingerprint density at radius 1 is 0.857 bits per heavy atom. The molecule has 3 aromatic rings. The number of rotatable bonds is 1. The molecule has 1 aromatic heterocycles. The predicted molar refractivity (Wildman–Crippen MR) is 74.7 cm³/mol. The van der Waals surface area contributed by atoms with Gasteiger partial charge in [-0.05, 0) is 25.1 Å². The number of hydrogen-bond donors (Lipinski definition) is 0. The predicted octanol–water partition coefficient (Wildman–Crippen LogP) is 4.62. The second kappa shape index (κ2) is 4.84. The van der Waals surface area contributed by atoms with Crippen molar-refractivity contribution in [3.63, 3.8) is 0 Å².